The van der Waals surface area contributed by atoms with E-state index in [2.05, 4.69) is 17.6 Å². The van der Waals surface area contributed by atoms with Crippen LogP contribution in [-0.4, -0.2) is 41.7 Å². The van der Waals surface area contributed by atoms with Gasteiger partial charge in [0.05, 0.1) is 6.07 Å². The topological polar surface area (TPSA) is 80.2 Å². The van der Waals surface area contributed by atoms with Crippen LogP contribution in [0.5, 0.6) is 0 Å². The van der Waals surface area contributed by atoms with Crippen molar-refractivity contribution >= 4 is 28.3 Å². The van der Waals surface area contributed by atoms with Crippen LogP contribution in [0.25, 0.3) is 10.9 Å². The van der Waals surface area contributed by atoms with Gasteiger partial charge in [-0.25, -0.2) is 0 Å². The van der Waals surface area contributed by atoms with Gasteiger partial charge in [0.1, 0.15) is 0 Å². The largest absolute Gasteiger partial charge is 0.360 e. The summed E-state index contributed by atoms with van der Waals surface area (Å²) in [6.45, 7) is 4.50. The summed E-state index contributed by atoms with van der Waals surface area (Å²) in [7, 11) is 1.85. The summed E-state index contributed by atoms with van der Waals surface area (Å²) >= 11 is 0. The van der Waals surface area contributed by atoms with Gasteiger partial charge in [-0.15, -0.1) is 6.58 Å². The predicted molar refractivity (Wildman–Crippen MR) is 143 cm³/mol. The first-order chi connectivity index (χ1) is 18.0. The molecular weight excluding hydrogens is 460 g/mol. The molecule has 37 heavy (non-hydrogen) atoms. The second-order valence-corrected chi connectivity index (χ2v) is 9.77. The zero-order valence-corrected chi connectivity index (χ0v) is 20.5. The molecule has 2 unspecified atom stereocenters. The van der Waals surface area contributed by atoms with Gasteiger partial charge in [-0.2, -0.15) is 5.26 Å². The van der Waals surface area contributed by atoms with Crippen molar-refractivity contribution < 1.29 is 9.59 Å². The van der Waals surface area contributed by atoms with Crippen LogP contribution in [0, 0.1) is 16.7 Å². The highest BCUT2D eigenvalue weighted by atomic mass is 16.2. The molecule has 182 valence electrons. The molecule has 1 saturated heterocycles. The van der Waals surface area contributed by atoms with Crippen LogP contribution in [0.4, 0.5) is 5.69 Å². The van der Waals surface area contributed by atoms with Gasteiger partial charge in [0.25, 0.3) is 5.91 Å². The van der Waals surface area contributed by atoms with Crippen LogP contribution in [0.2, 0.25) is 0 Å². The summed E-state index contributed by atoms with van der Waals surface area (Å²) in [6, 6.07) is 27.2. The fourth-order valence-corrected chi connectivity index (χ4v) is 6.64. The molecule has 1 amide bonds. The lowest BCUT2D eigenvalue weighted by molar-refractivity contribution is -0.130. The quantitative estimate of drug-likeness (QED) is 0.317. The minimum atomic E-state index is -1.73. The molecule has 0 saturated carbocycles. The maximum atomic E-state index is 14.9. The Kier molecular flexibility index (Phi) is 5.15. The number of fused-ring (bicyclic) bond motifs is 3. The third-order valence-electron chi connectivity index (χ3n) is 8.14. The number of nitrogens with one attached hydrogen (secondary N) is 1. The fourth-order valence-electron chi connectivity index (χ4n) is 6.64. The number of likely N-dealkylation sites (tertiary alicyclic amines) is 1. The molecule has 0 radical (unpaired) electrons. The highest BCUT2D eigenvalue weighted by Gasteiger charge is 2.75. The number of nitriles is 1. The van der Waals surface area contributed by atoms with Gasteiger partial charge in [0, 0.05) is 52.9 Å². The van der Waals surface area contributed by atoms with E-state index in [1.807, 2.05) is 90.8 Å². The zero-order chi connectivity index (χ0) is 25.8. The predicted octanol–water partition coefficient (Wildman–Crippen LogP) is 5.02. The van der Waals surface area contributed by atoms with Crippen LogP contribution in [0.1, 0.15) is 27.4 Å². The number of benzene rings is 3. The number of anilines is 1. The molecule has 3 atom stereocenters. The van der Waals surface area contributed by atoms with Gasteiger partial charge >= 0.3 is 0 Å². The third kappa shape index (κ3) is 2.78. The molecule has 3 heterocycles. The number of aromatic nitrogens is 1. The van der Waals surface area contributed by atoms with Crippen molar-refractivity contribution in [2.75, 3.05) is 25.0 Å². The molecule has 2 aliphatic heterocycles. The minimum Gasteiger partial charge on any atom is -0.360 e. The Morgan fingerprint density at radius 1 is 1.11 bits per heavy atom. The average Bonchev–Trinajstić information content (AvgIpc) is 3.56. The number of hydrogen-bond donors (Lipinski definition) is 1. The minimum absolute atomic E-state index is 0.274. The average molecular weight is 487 g/mol. The monoisotopic (exact) mass is 486 g/mol. The Morgan fingerprint density at radius 3 is 2.57 bits per heavy atom. The zero-order valence-electron chi connectivity index (χ0n) is 20.5. The number of carbonyl (C=O) groups excluding carboxylic acids is 2. The first kappa shape index (κ1) is 23.0. The SMILES string of the molecule is C=CCN1C(=O)[C@]2(c3ccccc31)N(C)CC(c1ccccc1)C2(C#N)C(=O)c1c[nH]c2ccccc12. The molecular formula is C31H26N4O2. The number of amides is 1. The molecule has 6 rings (SSSR count). The molecule has 0 bridgehead atoms. The van der Waals surface area contributed by atoms with Gasteiger partial charge in [-0.1, -0.05) is 72.8 Å². The van der Waals surface area contributed by atoms with E-state index < -0.39 is 16.9 Å². The Bertz CT molecular complexity index is 1600. The number of ketones is 1. The van der Waals surface area contributed by atoms with Crippen molar-refractivity contribution in [3.05, 3.63) is 114 Å². The fraction of sp³-hybridized carbons (Fsp3) is 0.194. The van der Waals surface area contributed by atoms with E-state index in [0.29, 0.717) is 23.4 Å². The molecule has 1 aromatic heterocycles. The second kappa shape index (κ2) is 8.29. The number of para-hydroxylation sites is 2. The summed E-state index contributed by atoms with van der Waals surface area (Å²) < 4.78 is 0. The van der Waals surface area contributed by atoms with Crippen molar-refractivity contribution in [3.63, 3.8) is 0 Å². The normalized spacial score (nSPS) is 24.9. The number of Topliss-reactive ketones (excluding diaryl/α,β-unsaturated/α-hetero) is 1. The summed E-state index contributed by atoms with van der Waals surface area (Å²) in [5.74, 6) is -1.16. The van der Waals surface area contributed by atoms with Gasteiger partial charge in [0.2, 0.25) is 0 Å². The Morgan fingerprint density at radius 2 is 1.81 bits per heavy atom. The highest BCUT2D eigenvalue weighted by molar-refractivity contribution is 6.19. The lowest BCUT2D eigenvalue weighted by atomic mass is 9.58. The van der Waals surface area contributed by atoms with Crippen LogP contribution in [-0.2, 0) is 10.3 Å². The molecule has 1 fully saturated rings. The second-order valence-electron chi connectivity index (χ2n) is 9.77. The standard InChI is InChI=1S/C31H26N4O2/c1-3-17-35-27-16-10-8-14-24(27)31(29(35)37)30(20-32,25(19-34(31)2)21-11-5-4-6-12-21)28(36)23-18-33-26-15-9-7-13-22(23)26/h3-16,18,25,33H,1,17,19H2,2H3/t25?,30?,31-/m0/s1. The first-order valence-electron chi connectivity index (χ1n) is 12.3. The summed E-state index contributed by atoms with van der Waals surface area (Å²) in [5, 5.41) is 11.9. The first-order valence-corrected chi connectivity index (χ1v) is 12.3. The Labute approximate surface area is 215 Å². The molecule has 2 aliphatic rings. The van der Waals surface area contributed by atoms with E-state index in [1.54, 1.807) is 17.2 Å². The summed E-state index contributed by atoms with van der Waals surface area (Å²) in [6.07, 6.45) is 3.35. The van der Waals surface area contributed by atoms with Crippen LogP contribution in [0.15, 0.2) is 97.7 Å². The summed E-state index contributed by atoms with van der Waals surface area (Å²) in [5.41, 5.74) is 0.238. The summed E-state index contributed by atoms with van der Waals surface area (Å²) in [4.78, 5) is 36.3. The highest BCUT2D eigenvalue weighted by Crippen LogP contribution is 2.64. The maximum absolute atomic E-state index is 14.9. The molecule has 6 heteroatoms. The molecule has 0 aliphatic carbocycles. The number of likely N-dealkylation sites (N-methyl/N-ethyl adjacent to an activating group) is 1. The van der Waals surface area contributed by atoms with E-state index in [0.717, 1.165) is 16.5 Å². The Hall–Kier alpha value is -4.47. The van der Waals surface area contributed by atoms with Crippen molar-refractivity contribution in [2.24, 2.45) is 5.41 Å². The van der Waals surface area contributed by atoms with Gasteiger partial charge in [-0.3, -0.25) is 14.5 Å². The molecule has 1 N–H and O–H groups in total. The number of H-pyrrole nitrogens is 1. The van der Waals surface area contributed by atoms with Crippen molar-refractivity contribution in [1.29, 1.82) is 5.26 Å². The smallest absolute Gasteiger partial charge is 0.254 e. The van der Waals surface area contributed by atoms with E-state index in [-0.39, 0.29) is 18.2 Å². The molecule has 3 aromatic carbocycles. The number of carbonyl (C=O) groups is 2. The lowest BCUT2D eigenvalue weighted by Gasteiger charge is -2.41. The third-order valence-corrected chi connectivity index (χ3v) is 8.14. The van der Waals surface area contributed by atoms with Gasteiger partial charge < -0.3 is 9.88 Å². The Balaban J connectivity index is 1.70. The van der Waals surface area contributed by atoms with Crippen LogP contribution in [0.3, 0.4) is 0 Å². The van der Waals surface area contributed by atoms with E-state index in [9.17, 15) is 14.9 Å². The van der Waals surface area contributed by atoms with Gasteiger partial charge in [0.15, 0.2) is 16.7 Å². The van der Waals surface area contributed by atoms with Crippen LogP contribution >= 0.6 is 0 Å². The van der Waals surface area contributed by atoms with E-state index >= 15 is 0 Å². The van der Waals surface area contributed by atoms with E-state index in [4.69, 9.17) is 0 Å². The molecule has 6 nitrogen and oxygen atoms in total. The van der Waals surface area contributed by atoms with Crippen molar-refractivity contribution in [2.45, 2.75) is 11.5 Å². The number of aromatic amines is 1. The van der Waals surface area contributed by atoms with E-state index in [1.165, 1.54) is 0 Å². The number of rotatable bonds is 5. The molecule has 1 spiro atoms. The number of nitrogens with zero attached hydrogens (tertiary/aromatic N) is 3. The van der Waals surface area contributed by atoms with Gasteiger partial charge in [-0.05, 0) is 24.7 Å². The van der Waals surface area contributed by atoms with Crippen molar-refractivity contribution in [1.82, 2.24) is 9.88 Å². The van der Waals surface area contributed by atoms with Crippen LogP contribution < -0.4 is 4.90 Å². The number of hydrogen-bond acceptors (Lipinski definition) is 4. The maximum Gasteiger partial charge on any atom is 0.254 e. The van der Waals surface area contributed by atoms with Crippen molar-refractivity contribution in [3.8, 4) is 6.07 Å². The molecule has 4 aromatic rings. The lowest BCUT2D eigenvalue weighted by Crippen LogP contribution is -2.59.